The van der Waals surface area contributed by atoms with Crippen LogP contribution in [0.25, 0.3) is 0 Å². The molecule has 0 spiro atoms. The molecule has 0 saturated carbocycles. The van der Waals surface area contributed by atoms with Gasteiger partial charge >= 0.3 is 0 Å². The molecule has 2 bridgehead atoms. The molecule has 4 heterocycles. The first-order chi connectivity index (χ1) is 13.8. The maximum atomic E-state index is 4.92. The normalized spacial score (nSPS) is 27.5. The minimum atomic E-state index is 0.434. The smallest absolute Gasteiger partial charge is 0.227 e. The third-order valence-corrected chi connectivity index (χ3v) is 5.90. The van der Waals surface area contributed by atoms with E-state index in [0.29, 0.717) is 18.1 Å². The van der Waals surface area contributed by atoms with E-state index < -0.39 is 0 Å². The van der Waals surface area contributed by atoms with E-state index in [9.17, 15) is 0 Å². The highest BCUT2D eigenvalue weighted by atomic mass is 15.4. The van der Waals surface area contributed by atoms with Crippen LogP contribution >= 0.6 is 0 Å². The zero-order valence-electron chi connectivity index (χ0n) is 16.2. The standard InChI is InChI=1S/C21H27N7/c1-2-15-10-20(27-26-15)24-19-11-16(8-14-6-4-3-5-7-14)23-21(25-19)28-13-17-9-18(28)12-22-17/h3-7,11,15,17-18,22,26H,2,8-10,12-13H2,1H3,(H,23,24,25,27)/t15?,17-,18-/m0/s1. The third kappa shape index (κ3) is 3.59. The lowest BCUT2D eigenvalue weighted by molar-refractivity contribution is 0.544. The molecule has 0 radical (unpaired) electrons. The second-order valence-electron chi connectivity index (χ2n) is 7.96. The Labute approximate surface area is 165 Å². The molecule has 5 rings (SSSR count). The maximum absolute atomic E-state index is 4.92. The molecule has 1 aromatic heterocycles. The summed E-state index contributed by atoms with van der Waals surface area (Å²) in [5.74, 6) is 2.51. The van der Waals surface area contributed by atoms with Crippen molar-refractivity contribution in [1.82, 2.24) is 26.1 Å². The van der Waals surface area contributed by atoms with E-state index in [0.717, 1.165) is 55.6 Å². The number of anilines is 1. The quantitative estimate of drug-likeness (QED) is 0.739. The first kappa shape index (κ1) is 17.6. The Kier molecular flexibility index (Phi) is 4.70. The topological polar surface area (TPSA) is 77.5 Å². The first-order valence-corrected chi connectivity index (χ1v) is 10.3. The number of benzene rings is 1. The number of amidine groups is 1. The van der Waals surface area contributed by atoms with Crippen LogP contribution in [0.5, 0.6) is 0 Å². The van der Waals surface area contributed by atoms with Crippen molar-refractivity contribution in [1.29, 1.82) is 0 Å². The van der Waals surface area contributed by atoms with Gasteiger partial charge in [0, 0.05) is 50.1 Å². The number of fused-ring (bicyclic) bond motifs is 2. The number of nitrogens with zero attached hydrogens (tertiary/aromatic N) is 4. The lowest BCUT2D eigenvalue weighted by Crippen LogP contribution is -2.44. The van der Waals surface area contributed by atoms with Crippen LogP contribution in [0.15, 0.2) is 41.4 Å². The molecular weight excluding hydrogens is 350 g/mol. The molecule has 3 N–H and O–H groups in total. The van der Waals surface area contributed by atoms with Gasteiger partial charge in [-0.25, -0.2) is 15.4 Å². The Hall–Kier alpha value is -2.51. The number of piperazine rings is 1. The molecule has 0 aliphatic carbocycles. The number of hydrogen-bond acceptors (Lipinski definition) is 6. The molecule has 3 aliphatic heterocycles. The summed E-state index contributed by atoms with van der Waals surface area (Å²) in [5, 5.41) is 3.55. The van der Waals surface area contributed by atoms with Gasteiger partial charge in [-0.15, -0.1) is 0 Å². The van der Waals surface area contributed by atoms with Crippen LogP contribution in [0.3, 0.4) is 0 Å². The summed E-state index contributed by atoms with van der Waals surface area (Å²) in [4.78, 5) is 16.9. The summed E-state index contributed by atoms with van der Waals surface area (Å²) in [7, 11) is 0. The average molecular weight is 377 g/mol. The van der Waals surface area contributed by atoms with Crippen molar-refractivity contribution >= 4 is 17.6 Å². The second-order valence-corrected chi connectivity index (χ2v) is 7.96. The molecular formula is C21H27N7. The molecule has 2 aromatic rings. The van der Waals surface area contributed by atoms with Crippen LogP contribution in [-0.4, -0.2) is 47.0 Å². The molecule has 28 heavy (non-hydrogen) atoms. The van der Waals surface area contributed by atoms with Crippen LogP contribution < -0.4 is 21.1 Å². The van der Waals surface area contributed by atoms with E-state index in [-0.39, 0.29) is 0 Å². The fourth-order valence-corrected chi connectivity index (χ4v) is 4.34. The molecule has 7 heteroatoms. The lowest BCUT2D eigenvalue weighted by atomic mass is 10.1. The monoisotopic (exact) mass is 377 g/mol. The van der Waals surface area contributed by atoms with Crippen LogP contribution in [0, 0.1) is 0 Å². The maximum Gasteiger partial charge on any atom is 0.227 e. The lowest BCUT2D eigenvalue weighted by Gasteiger charge is -2.27. The van der Waals surface area contributed by atoms with Crippen molar-refractivity contribution in [3.8, 4) is 0 Å². The van der Waals surface area contributed by atoms with Gasteiger partial charge in [-0.2, -0.15) is 4.98 Å². The number of hydrogen-bond donors (Lipinski definition) is 3. The number of hydrazine groups is 1. The van der Waals surface area contributed by atoms with Crippen molar-refractivity contribution in [2.45, 2.75) is 50.7 Å². The second kappa shape index (κ2) is 7.48. The Morgan fingerprint density at radius 1 is 1.21 bits per heavy atom. The van der Waals surface area contributed by atoms with Gasteiger partial charge in [-0.1, -0.05) is 37.3 Å². The van der Waals surface area contributed by atoms with E-state index in [2.05, 4.69) is 52.3 Å². The highest BCUT2D eigenvalue weighted by Crippen LogP contribution is 2.29. The zero-order valence-corrected chi connectivity index (χ0v) is 16.2. The summed E-state index contributed by atoms with van der Waals surface area (Å²) in [6, 6.07) is 14.0. The summed E-state index contributed by atoms with van der Waals surface area (Å²) in [6.07, 6.45) is 3.95. The molecule has 7 nitrogen and oxygen atoms in total. The van der Waals surface area contributed by atoms with E-state index in [4.69, 9.17) is 15.0 Å². The minimum absolute atomic E-state index is 0.434. The van der Waals surface area contributed by atoms with Gasteiger partial charge in [0.05, 0.1) is 5.69 Å². The SMILES string of the molecule is CCC1CC(=Nc2cc(Cc3ccccc3)nc(N3C[C@@H]4C[C@H]3CN4)n2)NN1. The number of nitrogens with one attached hydrogen (secondary N) is 3. The molecule has 3 aliphatic rings. The summed E-state index contributed by atoms with van der Waals surface area (Å²) < 4.78 is 0. The van der Waals surface area contributed by atoms with E-state index in [1.807, 2.05) is 12.1 Å². The van der Waals surface area contributed by atoms with Crippen molar-refractivity contribution in [3.05, 3.63) is 47.7 Å². The highest BCUT2D eigenvalue weighted by Gasteiger charge is 2.39. The van der Waals surface area contributed by atoms with Crippen molar-refractivity contribution < 1.29 is 0 Å². The van der Waals surface area contributed by atoms with Gasteiger partial charge in [0.2, 0.25) is 5.95 Å². The van der Waals surface area contributed by atoms with Gasteiger partial charge < -0.3 is 15.6 Å². The zero-order chi connectivity index (χ0) is 18.9. The Morgan fingerprint density at radius 3 is 2.82 bits per heavy atom. The van der Waals surface area contributed by atoms with Crippen molar-refractivity contribution in [2.24, 2.45) is 4.99 Å². The predicted molar refractivity (Wildman–Crippen MR) is 111 cm³/mol. The van der Waals surface area contributed by atoms with Crippen LogP contribution in [0.4, 0.5) is 11.8 Å². The Balaban J connectivity index is 1.46. The molecule has 146 valence electrons. The molecule has 3 fully saturated rings. The van der Waals surface area contributed by atoms with Gasteiger partial charge in [0.1, 0.15) is 5.84 Å². The van der Waals surface area contributed by atoms with Crippen molar-refractivity contribution in [2.75, 3.05) is 18.0 Å². The van der Waals surface area contributed by atoms with E-state index in [1.165, 1.54) is 12.0 Å². The Morgan fingerprint density at radius 2 is 2.11 bits per heavy atom. The molecule has 0 amide bonds. The predicted octanol–water partition coefficient (Wildman–Crippen LogP) is 1.92. The first-order valence-electron chi connectivity index (χ1n) is 10.3. The van der Waals surface area contributed by atoms with Crippen LogP contribution in [0.1, 0.15) is 37.4 Å². The third-order valence-electron chi connectivity index (χ3n) is 5.90. The molecule has 3 saturated heterocycles. The summed E-state index contributed by atoms with van der Waals surface area (Å²) >= 11 is 0. The average Bonchev–Trinajstić information content (AvgIpc) is 3.45. The van der Waals surface area contributed by atoms with Gasteiger partial charge in [0.25, 0.3) is 0 Å². The van der Waals surface area contributed by atoms with Crippen LogP contribution in [0.2, 0.25) is 0 Å². The van der Waals surface area contributed by atoms with Gasteiger partial charge in [0.15, 0.2) is 5.82 Å². The molecule has 1 aromatic carbocycles. The fraction of sp³-hybridized carbons (Fsp3) is 0.476. The molecule has 3 atom stereocenters. The Bertz CT molecular complexity index is 866. The van der Waals surface area contributed by atoms with Gasteiger partial charge in [-0.3, -0.25) is 0 Å². The minimum Gasteiger partial charge on any atom is -0.335 e. The van der Waals surface area contributed by atoms with Crippen molar-refractivity contribution in [3.63, 3.8) is 0 Å². The van der Waals surface area contributed by atoms with Crippen LogP contribution in [-0.2, 0) is 6.42 Å². The highest BCUT2D eigenvalue weighted by molar-refractivity contribution is 5.86. The number of aromatic nitrogens is 2. The largest absolute Gasteiger partial charge is 0.335 e. The van der Waals surface area contributed by atoms with Gasteiger partial charge in [-0.05, 0) is 18.4 Å². The molecule has 1 unspecified atom stereocenters. The number of aliphatic imine (C=N–C) groups is 1. The fourth-order valence-electron chi connectivity index (χ4n) is 4.34. The summed E-state index contributed by atoms with van der Waals surface area (Å²) in [5.41, 5.74) is 8.76. The number of rotatable bonds is 5. The van der Waals surface area contributed by atoms with E-state index in [1.54, 1.807) is 0 Å². The van der Waals surface area contributed by atoms with E-state index >= 15 is 0 Å². The summed E-state index contributed by atoms with van der Waals surface area (Å²) in [6.45, 7) is 4.18.